The fourth-order valence-electron chi connectivity index (χ4n) is 4.93. The molecule has 2 aliphatic heterocycles. The lowest BCUT2D eigenvalue weighted by molar-refractivity contribution is -0.139. The van der Waals surface area contributed by atoms with Crippen molar-refractivity contribution in [3.63, 3.8) is 0 Å². The summed E-state index contributed by atoms with van der Waals surface area (Å²) in [7, 11) is 0. The van der Waals surface area contributed by atoms with E-state index in [9.17, 15) is 19.2 Å². The summed E-state index contributed by atoms with van der Waals surface area (Å²) in [4.78, 5) is 53.7. The molecule has 3 aliphatic rings. The van der Waals surface area contributed by atoms with Gasteiger partial charge in [0.2, 0.25) is 17.7 Å². The Balaban J connectivity index is 1.24. The summed E-state index contributed by atoms with van der Waals surface area (Å²) in [6.45, 7) is 4.27. The minimum atomic E-state index is -0.564. The largest absolute Gasteiger partial charge is 0.426 e. The summed E-state index contributed by atoms with van der Waals surface area (Å²) >= 11 is 0. The maximum atomic E-state index is 12.8. The molecular formula is C27H26N2O5. The average Bonchev–Trinajstić information content (AvgIpc) is 3.34. The summed E-state index contributed by atoms with van der Waals surface area (Å²) in [5.41, 5.74) is 3.48. The molecule has 0 radical (unpaired) electrons. The average molecular weight is 459 g/mol. The number of imide groups is 1. The quantitative estimate of drug-likeness (QED) is 0.302. The van der Waals surface area contributed by atoms with Crippen molar-refractivity contribution in [2.75, 3.05) is 16.3 Å². The van der Waals surface area contributed by atoms with E-state index in [0.29, 0.717) is 24.3 Å². The first kappa shape index (κ1) is 22.1. The van der Waals surface area contributed by atoms with Crippen LogP contribution in [0.3, 0.4) is 0 Å². The van der Waals surface area contributed by atoms with Gasteiger partial charge < -0.3 is 9.64 Å². The van der Waals surface area contributed by atoms with E-state index in [2.05, 4.69) is 0 Å². The number of carbonyl (C=O) groups excluding carboxylic acids is 4. The number of nitrogens with zero attached hydrogens (tertiary/aromatic N) is 2. The summed E-state index contributed by atoms with van der Waals surface area (Å²) in [5, 5.41) is 0. The van der Waals surface area contributed by atoms with Crippen LogP contribution in [-0.4, -0.2) is 30.2 Å². The zero-order valence-corrected chi connectivity index (χ0v) is 19.2. The molecule has 0 N–H and O–H groups in total. The number of hydrogen-bond donors (Lipinski definition) is 0. The van der Waals surface area contributed by atoms with Gasteiger partial charge in [-0.25, -0.2) is 0 Å². The SMILES string of the molecule is Cc1ccc(N2C[C@H](C(=O)Oc3ccc(N4C(=O)[C@H]5CC=CC[C@@H]5C4=O)cc3)CC2=O)cc1C. The van der Waals surface area contributed by atoms with Crippen LogP contribution < -0.4 is 14.5 Å². The van der Waals surface area contributed by atoms with Gasteiger partial charge in [-0.1, -0.05) is 18.2 Å². The van der Waals surface area contributed by atoms with Gasteiger partial charge in [0.1, 0.15) is 5.75 Å². The number of fused-ring (bicyclic) bond motifs is 1. The predicted molar refractivity (Wildman–Crippen MR) is 126 cm³/mol. The highest BCUT2D eigenvalue weighted by Crippen LogP contribution is 2.38. The minimum absolute atomic E-state index is 0.0947. The molecule has 7 heteroatoms. The van der Waals surface area contributed by atoms with E-state index in [1.807, 2.05) is 44.2 Å². The lowest BCUT2D eigenvalue weighted by Crippen LogP contribution is -2.30. The summed E-state index contributed by atoms with van der Waals surface area (Å²) in [5.74, 6) is -1.79. The first-order valence-corrected chi connectivity index (χ1v) is 11.6. The van der Waals surface area contributed by atoms with E-state index in [1.54, 1.807) is 29.2 Å². The first-order valence-electron chi connectivity index (χ1n) is 11.6. The molecule has 2 fully saturated rings. The molecule has 2 aromatic rings. The Bertz CT molecular complexity index is 1190. The van der Waals surface area contributed by atoms with Gasteiger partial charge in [0, 0.05) is 18.7 Å². The van der Waals surface area contributed by atoms with E-state index in [-0.39, 0.29) is 42.5 Å². The number of allylic oxidation sites excluding steroid dienone is 2. The zero-order valence-electron chi connectivity index (χ0n) is 19.2. The normalized spacial score (nSPS) is 24.1. The van der Waals surface area contributed by atoms with Crippen LogP contribution >= 0.6 is 0 Å². The smallest absolute Gasteiger partial charge is 0.316 e. The Morgan fingerprint density at radius 1 is 0.853 bits per heavy atom. The second-order valence-corrected chi connectivity index (χ2v) is 9.26. The number of esters is 1. The number of carbonyl (C=O) groups is 4. The third-order valence-corrected chi connectivity index (χ3v) is 7.08. The van der Waals surface area contributed by atoms with Gasteiger partial charge in [-0.2, -0.15) is 0 Å². The van der Waals surface area contributed by atoms with Crippen LogP contribution in [0.2, 0.25) is 0 Å². The third kappa shape index (κ3) is 3.81. The number of amides is 3. The Morgan fingerprint density at radius 2 is 1.47 bits per heavy atom. The molecule has 5 rings (SSSR count). The Kier molecular flexibility index (Phi) is 5.55. The van der Waals surface area contributed by atoms with Gasteiger partial charge in [0.05, 0.1) is 23.4 Å². The van der Waals surface area contributed by atoms with Crippen LogP contribution in [-0.2, 0) is 19.2 Å². The summed E-state index contributed by atoms with van der Waals surface area (Å²) < 4.78 is 5.52. The number of hydrogen-bond acceptors (Lipinski definition) is 5. The van der Waals surface area contributed by atoms with Crippen LogP contribution in [0, 0.1) is 31.6 Å². The summed E-state index contributed by atoms with van der Waals surface area (Å²) in [6, 6.07) is 12.2. The van der Waals surface area contributed by atoms with Crippen molar-refractivity contribution in [1.29, 1.82) is 0 Å². The van der Waals surface area contributed by atoms with Crippen molar-refractivity contribution in [3.8, 4) is 5.75 Å². The van der Waals surface area contributed by atoms with Gasteiger partial charge in [-0.15, -0.1) is 0 Å². The van der Waals surface area contributed by atoms with Gasteiger partial charge in [-0.05, 0) is 74.2 Å². The van der Waals surface area contributed by atoms with Crippen molar-refractivity contribution in [3.05, 3.63) is 65.7 Å². The number of ether oxygens (including phenoxy) is 1. The van der Waals surface area contributed by atoms with Crippen molar-refractivity contribution >= 4 is 35.1 Å². The van der Waals surface area contributed by atoms with Crippen molar-refractivity contribution in [2.24, 2.45) is 17.8 Å². The van der Waals surface area contributed by atoms with Crippen LogP contribution in [0.15, 0.2) is 54.6 Å². The van der Waals surface area contributed by atoms with E-state index < -0.39 is 11.9 Å². The van der Waals surface area contributed by atoms with Gasteiger partial charge in [0.15, 0.2) is 0 Å². The van der Waals surface area contributed by atoms with Crippen LogP contribution in [0.4, 0.5) is 11.4 Å². The molecule has 3 amide bonds. The maximum Gasteiger partial charge on any atom is 0.316 e. The van der Waals surface area contributed by atoms with Gasteiger partial charge in [0.25, 0.3) is 0 Å². The Labute approximate surface area is 198 Å². The Hall–Kier alpha value is -3.74. The topological polar surface area (TPSA) is 84.0 Å². The molecule has 174 valence electrons. The van der Waals surface area contributed by atoms with E-state index in [0.717, 1.165) is 16.8 Å². The van der Waals surface area contributed by atoms with Crippen molar-refractivity contribution in [2.45, 2.75) is 33.1 Å². The minimum Gasteiger partial charge on any atom is -0.426 e. The predicted octanol–water partition coefficient (Wildman–Crippen LogP) is 3.72. The zero-order chi connectivity index (χ0) is 24.0. The van der Waals surface area contributed by atoms with Crippen LogP contribution in [0.1, 0.15) is 30.4 Å². The fourth-order valence-corrected chi connectivity index (χ4v) is 4.93. The van der Waals surface area contributed by atoms with Gasteiger partial charge in [-0.3, -0.25) is 24.1 Å². The van der Waals surface area contributed by atoms with Crippen molar-refractivity contribution < 1.29 is 23.9 Å². The lowest BCUT2D eigenvalue weighted by Gasteiger charge is -2.18. The molecule has 0 saturated carbocycles. The molecule has 2 saturated heterocycles. The van der Waals surface area contributed by atoms with E-state index in [1.165, 1.54) is 4.90 Å². The second kappa shape index (κ2) is 8.56. The maximum absolute atomic E-state index is 12.8. The molecule has 0 aromatic heterocycles. The second-order valence-electron chi connectivity index (χ2n) is 9.26. The molecule has 2 aromatic carbocycles. The van der Waals surface area contributed by atoms with E-state index in [4.69, 9.17) is 4.74 Å². The van der Waals surface area contributed by atoms with Crippen LogP contribution in [0.25, 0.3) is 0 Å². The van der Waals surface area contributed by atoms with E-state index >= 15 is 0 Å². The molecule has 1 aliphatic carbocycles. The highest BCUT2D eigenvalue weighted by molar-refractivity contribution is 6.22. The highest BCUT2D eigenvalue weighted by atomic mass is 16.5. The Morgan fingerprint density at radius 3 is 2.09 bits per heavy atom. The standard InChI is InChI=1S/C27H26N2O5/c1-16-7-8-20(13-17(16)2)28-15-18(14-24(28)30)27(33)34-21-11-9-19(10-12-21)29-25(31)22-5-3-4-6-23(22)26(29)32/h3-4,7-13,18,22-23H,5-6,14-15H2,1-2H3/t18-,22+,23+/m1/s1. The molecule has 7 nitrogen and oxygen atoms in total. The molecule has 0 unspecified atom stereocenters. The molecule has 2 heterocycles. The van der Waals surface area contributed by atoms with Crippen LogP contribution in [0.5, 0.6) is 5.75 Å². The monoisotopic (exact) mass is 458 g/mol. The number of anilines is 2. The third-order valence-electron chi connectivity index (χ3n) is 7.08. The molecule has 0 bridgehead atoms. The van der Waals surface area contributed by atoms with Crippen molar-refractivity contribution in [1.82, 2.24) is 0 Å². The summed E-state index contributed by atoms with van der Waals surface area (Å²) in [6.07, 6.45) is 5.17. The first-order chi connectivity index (χ1) is 16.3. The fraction of sp³-hybridized carbons (Fsp3) is 0.333. The number of benzene rings is 2. The molecule has 3 atom stereocenters. The van der Waals surface area contributed by atoms with Gasteiger partial charge >= 0.3 is 5.97 Å². The molecule has 34 heavy (non-hydrogen) atoms. The highest BCUT2D eigenvalue weighted by Gasteiger charge is 2.47. The molecule has 0 spiro atoms. The number of aryl methyl sites for hydroxylation is 2. The number of rotatable bonds is 4. The lowest BCUT2D eigenvalue weighted by atomic mass is 9.85. The molecular weight excluding hydrogens is 432 g/mol.